The molecule has 1 aliphatic rings. The third kappa shape index (κ3) is 3.91. The van der Waals surface area contributed by atoms with Crippen LogP contribution >= 0.6 is 11.8 Å². The van der Waals surface area contributed by atoms with Crippen molar-refractivity contribution in [3.05, 3.63) is 12.7 Å². The molecule has 1 saturated heterocycles. The number of aliphatic carboxylic acids is 1. The highest BCUT2D eigenvalue weighted by Gasteiger charge is 2.43. The van der Waals surface area contributed by atoms with Gasteiger partial charge in [-0.25, -0.2) is 19.8 Å². The van der Waals surface area contributed by atoms with E-state index in [2.05, 4.69) is 20.3 Å². The zero-order chi connectivity index (χ0) is 19.6. The molecule has 0 aliphatic carbocycles. The predicted octanol–water partition coefficient (Wildman–Crippen LogP) is -1.86. The Hall–Kier alpha value is -2.19. The lowest BCUT2D eigenvalue weighted by atomic mass is 10.1. The smallest absolute Gasteiger partial charge is 0.320 e. The Morgan fingerprint density at radius 1 is 1.44 bits per heavy atom. The molecule has 0 amide bonds. The number of nitrogen functional groups attached to an aromatic ring is 1. The van der Waals surface area contributed by atoms with E-state index in [-0.39, 0.29) is 12.4 Å². The fourth-order valence-electron chi connectivity index (χ4n) is 2.71. The van der Waals surface area contributed by atoms with Crippen LogP contribution in [0.25, 0.3) is 11.2 Å². The van der Waals surface area contributed by atoms with E-state index in [0.717, 1.165) is 5.17 Å². The maximum absolute atomic E-state index is 11.3. The number of nitrogens with one attached hydrogen (secondary N) is 1. The number of imidazole rings is 1. The lowest BCUT2D eigenvalue weighted by Crippen LogP contribution is -2.45. The van der Waals surface area contributed by atoms with E-state index < -0.39 is 30.4 Å². The first kappa shape index (κ1) is 19.6. The van der Waals surface area contributed by atoms with Gasteiger partial charge in [-0.15, -0.1) is 0 Å². The number of hydroxylamine groups is 1. The summed E-state index contributed by atoms with van der Waals surface area (Å²) in [6, 6.07) is -0.777. The van der Waals surface area contributed by atoms with Gasteiger partial charge in [-0.05, 0) is 18.4 Å². The van der Waals surface area contributed by atoms with E-state index in [4.69, 9.17) is 10.6 Å². The van der Waals surface area contributed by atoms with Gasteiger partial charge in [-0.2, -0.15) is 21.6 Å². The summed E-state index contributed by atoms with van der Waals surface area (Å²) in [5, 5.41) is 33.7. The summed E-state index contributed by atoms with van der Waals surface area (Å²) in [5.41, 5.74) is 6.36. The Balaban J connectivity index is 1.71. The van der Waals surface area contributed by atoms with Crippen LogP contribution in [-0.2, 0) is 9.63 Å². The molecule has 2 aromatic heterocycles. The van der Waals surface area contributed by atoms with E-state index >= 15 is 0 Å². The van der Waals surface area contributed by atoms with Gasteiger partial charge in [0, 0.05) is 6.54 Å². The molecule has 0 unspecified atom stereocenters. The number of aromatic nitrogens is 4. The zero-order valence-corrected chi connectivity index (χ0v) is 15.3. The number of carboxylic acid groups (broad SMARTS) is 1. The van der Waals surface area contributed by atoms with Crippen molar-refractivity contribution in [3.63, 3.8) is 0 Å². The topological polar surface area (TPSA) is 172 Å². The first-order valence-electron chi connectivity index (χ1n) is 8.15. The molecule has 12 nitrogen and oxygen atoms in total. The van der Waals surface area contributed by atoms with Gasteiger partial charge in [0.2, 0.25) is 0 Å². The summed E-state index contributed by atoms with van der Waals surface area (Å²) < 4.78 is 1.31. The average Bonchev–Trinajstić information content (AvgIpc) is 3.18. The van der Waals surface area contributed by atoms with Crippen LogP contribution in [-0.4, -0.2) is 83.9 Å². The van der Waals surface area contributed by atoms with Crippen LogP contribution in [0.2, 0.25) is 0 Å². The van der Waals surface area contributed by atoms with Crippen LogP contribution in [0.3, 0.4) is 0 Å². The number of anilines is 1. The SMILES string of the molecule is CSCC[C@H](NC[C@H]1ON(n2cnc3c(N)ncnc32)[C@H](O)[C@@H]1O)C(=O)O. The number of carbonyl (C=O) groups is 1. The highest BCUT2D eigenvalue weighted by atomic mass is 32.2. The van der Waals surface area contributed by atoms with Gasteiger partial charge < -0.3 is 26.4 Å². The number of nitrogens with zero attached hydrogens (tertiary/aromatic N) is 5. The van der Waals surface area contributed by atoms with Crippen LogP contribution in [0.1, 0.15) is 6.42 Å². The molecule has 27 heavy (non-hydrogen) atoms. The minimum atomic E-state index is -1.40. The van der Waals surface area contributed by atoms with Crippen LogP contribution < -0.4 is 16.2 Å². The standard InChI is InChI=1S/C14H21N7O5S/c1-27-3-2-7(14(24)25)16-4-8-10(22)13(23)21(26-8)20-6-19-9-11(15)17-5-18-12(9)20/h5-8,10,13,16,22-23H,2-4H2,1H3,(H,24,25)(H2,15,17,18)/t7-,8+,10+,13+/m0/s1. The maximum atomic E-state index is 11.3. The van der Waals surface area contributed by atoms with E-state index in [1.54, 1.807) is 11.8 Å². The number of carboxylic acids is 1. The summed E-state index contributed by atoms with van der Waals surface area (Å²) in [4.78, 5) is 28.9. The summed E-state index contributed by atoms with van der Waals surface area (Å²) in [7, 11) is 0. The number of thioether (sulfide) groups is 1. The number of aliphatic hydroxyl groups is 2. The van der Waals surface area contributed by atoms with E-state index in [1.165, 1.54) is 17.3 Å². The van der Waals surface area contributed by atoms with Crippen molar-refractivity contribution in [1.29, 1.82) is 0 Å². The Morgan fingerprint density at radius 3 is 2.93 bits per heavy atom. The second-order valence-electron chi connectivity index (χ2n) is 5.95. The molecule has 0 aromatic carbocycles. The van der Waals surface area contributed by atoms with Crippen molar-refractivity contribution < 1.29 is 25.0 Å². The van der Waals surface area contributed by atoms with Crippen molar-refractivity contribution in [1.82, 2.24) is 24.9 Å². The lowest BCUT2D eigenvalue weighted by molar-refractivity contribution is -0.139. The number of rotatable bonds is 8. The molecule has 3 rings (SSSR count). The van der Waals surface area contributed by atoms with Crippen LogP contribution in [0.15, 0.2) is 12.7 Å². The monoisotopic (exact) mass is 399 g/mol. The first-order valence-corrected chi connectivity index (χ1v) is 9.54. The highest BCUT2D eigenvalue weighted by Crippen LogP contribution is 2.22. The Bertz CT molecular complexity index is 805. The van der Waals surface area contributed by atoms with Gasteiger partial charge in [0.05, 0.1) is 0 Å². The molecule has 0 spiro atoms. The second-order valence-corrected chi connectivity index (χ2v) is 6.94. The predicted molar refractivity (Wildman–Crippen MR) is 97.3 cm³/mol. The fourth-order valence-corrected chi connectivity index (χ4v) is 3.19. The zero-order valence-electron chi connectivity index (χ0n) is 14.5. The molecule has 13 heteroatoms. The van der Waals surface area contributed by atoms with Crippen LogP contribution in [0, 0.1) is 0 Å². The average molecular weight is 399 g/mol. The Morgan fingerprint density at radius 2 is 2.22 bits per heavy atom. The Kier molecular flexibility index (Phi) is 5.96. The number of aliphatic hydroxyl groups excluding tert-OH is 2. The fraction of sp³-hybridized carbons (Fsp3) is 0.571. The van der Waals surface area contributed by atoms with Gasteiger partial charge in [-0.3, -0.25) is 4.79 Å². The summed E-state index contributed by atoms with van der Waals surface area (Å²) in [6.45, 7) is 0.0316. The third-order valence-corrected chi connectivity index (χ3v) is 4.83. The molecule has 148 valence electrons. The number of nitrogens with two attached hydrogens (primary N) is 1. The molecular weight excluding hydrogens is 378 g/mol. The third-order valence-electron chi connectivity index (χ3n) is 4.19. The summed E-state index contributed by atoms with van der Waals surface area (Å²) in [5.74, 6) is -0.138. The van der Waals surface area contributed by atoms with Gasteiger partial charge in [0.15, 0.2) is 23.2 Å². The molecule has 4 atom stereocenters. The minimum absolute atomic E-state index is 0.0316. The van der Waals surface area contributed by atoms with Gasteiger partial charge >= 0.3 is 5.97 Å². The van der Waals surface area contributed by atoms with E-state index in [0.29, 0.717) is 23.3 Å². The highest BCUT2D eigenvalue weighted by molar-refractivity contribution is 7.98. The molecule has 1 aliphatic heterocycles. The molecule has 0 bridgehead atoms. The van der Waals surface area contributed by atoms with E-state index in [1.807, 2.05) is 6.26 Å². The molecule has 6 N–H and O–H groups in total. The molecule has 0 saturated carbocycles. The van der Waals surface area contributed by atoms with E-state index in [9.17, 15) is 20.1 Å². The maximum Gasteiger partial charge on any atom is 0.320 e. The van der Waals surface area contributed by atoms with Crippen molar-refractivity contribution in [3.8, 4) is 0 Å². The second kappa shape index (κ2) is 8.22. The molecule has 3 heterocycles. The quantitative estimate of drug-likeness (QED) is 0.335. The van der Waals surface area contributed by atoms with Crippen LogP contribution in [0.4, 0.5) is 5.82 Å². The molecular formula is C14H21N7O5S. The molecule has 1 fully saturated rings. The summed E-state index contributed by atoms with van der Waals surface area (Å²) >= 11 is 1.54. The van der Waals surface area contributed by atoms with Gasteiger partial charge in [0.1, 0.15) is 30.9 Å². The number of hydrogen-bond donors (Lipinski definition) is 5. The summed E-state index contributed by atoms with van der Waals surface area (Å²) in [6.07, 6.45) is 1.35. The minimum Gasteiger partial charge on any atom is -0.480 e. The molecule has 0 radical (unpaired) electrons. The first-order chi connectivity index (χ1) is 12.9. The lowest BCUT2D eigenvalue weighted by Gasteiger charge is -2.21. The van der Waals surface area contributed by atoms with Crippen molar-refractivity contribution in [2.75, 3.05) is 29.5 Å². The Labute approximate surface area is 158 Å². The van der Waals surface area contributed by atoms with Crippen molar-refractivity contribution >= 4 is 34.7 Å². The largest absolute Gasteiger partial charge is 0.480 e. The van der Waals surface area contributed by atoms with Crippen LogP contribution in [0.5, 0.6) is 0 Å². The van der Waals surface area contributed by atoms with Crippen molar-refractivity contribution in [2.24, 2.45) is 0 Å². The normalized spacial score (nSPS) is 23.8. The van der Waals surface area contributed by atoms with Gasteiger partial charge in [-0.1, -0.05) is 0 Å². The van der Waals surface area contributed by atoms with Gasteiger partial charge in [0.25, 0.3) is 0 Å². The number of hydrogen-bond acceptors (Lipinski definition) is 11. The number of fused-ring (bicyclic) bond motifs is 1. The molecule has 2 aromatic rings. The van der Waals surface area contributed by atoms with Crippen molar-refractivity contribution in [2.45, 2.75) is 30.9 Å².